The largest absolute Gasteiger partial charge is 2.00 e. The molecule has 8 rings (SSSR count). The van der Waals surface area contributed by atoms with Crippen molar-refractivity contribution in [2.24, 2.45) is 0 Å². The van der Waals surface area contributed by atoms with Crippen molar-refractivity contribution < 1.29 is 29.1 Å². The van der Waals surface area contributed by atoms with E-state index in [0.717, 1.165) is 44.3 Å². The molecule has 43 heavy (non-hydrogen) atoms. The number of nitrogens with zero attached hydrogens (tertiary/aromatic N) is 4. The molecule has 2 aromatic heterocycles. The van der Waals surface area contributed by atoms with Crippen molar-refractivity contribution in [3.05, 3.63) is 166 Å². The van der Waals surface area contributed by atoms with E-state index in [4.69, 9.17) is 0 Å². The van der Waals surface area contributed by atoms with Crippen LogP contribution in [0.5, 0.6) is 0 Å². The summed E-state index contributed by atoms with van der Waals surface area (Å²) in [6, 6.07) is 38.8. The van der Waals surface area contributed by atoms with Crippen LogP contribution in [0.2, 0.25) is 0 Å². The van der Waals surface area contributed by atoms with E-state index in [9.17, 15) is 9.59 Å². The minimum Gasteiger partial charge on any atom is -0.622 e. The van der Waals surface area contributed by atoms with Crippen LogP contribution < -0.4 is 0 Å². The second-order valence-electron chi connectivity index (χ2n) is 9.84. The predicted octanol–water partition coefficient (Wildman–Crippen LogP) is 8.52. The summed E-state index contributed by atoms with van der Waals surface area (Å²) in [6.45, 7) is 0. The van der Waals surface area contributed by atoms with E-state index < -0.39 is 0 Å². The number of hydrogen-bond acceptors (Lipinski definition) is 4. The smallest absolute Gasteiger partial charge is 0.622 e. The van der Waals surface area contributed by atoms with Crippen molar-refractivity contribution >= 4 is 57.2 Å². The predicted molar refractivity (Wildman–Crippen MR) is 167 cm³/mol. The minimum absolute atomic E-state index is 0. The summed E-state index contributed by atoms with van der Waals surface area (Å²) in [5, 5.41) is 10.4. The van der Waals surface area contributed by atoms with E-state index >= 15 is 0 Å². The fraction of sp³-hybridized carbons (Fsp3) is 0. The Morgan fingerprint density at radius 2 is 0.814 bits per heavy atom. The third-order valence-corrected chi connectivity index (χ3v) is 7.12. The summed E-state index contributed by atoms with van der Waals surface area (Å²) in [7, 11) is 0. The molecule has 0 N–H and O–H groups in total. The van der Waals surface area contributed by atoms with Crippen LogP contribution in [-0.2, 0) is 19.5 Å². The molecule has 6 aromatic rings. The summed E-state index contributed by atoms with van der Waals surface area (Å²) < 4.78 is 0. The zero-order valence-corrected chi connectivity index (χ0v) is 26.0. The van der Waals surface area contributed by atoms with E-state index in [1.807, 2.05) is 121 Å². The maximum atomic E-state index is 11.9. The molecule has 0 fully saturated rings. The van der Waals surface area contributed by atoms with Crippen LogP contribution in [0.3, 0.4) is 0 Å². The van der Waals surface area contributed by atoms with E-state index in [1.54, 1.807) is 12.1 Å². The first-order chi connectivity index (χ1) is 20.6. The molecule has 0 radical (unpaired) electrons. The average Bonchev–Trinajstić information content (AvgIpc) is 3.52. The first kappa shape index (κ1) is 27.9. The molecule has 200 valence electrons. The summed E-state index contributed by atoms with van der Waals surface area (Å²) >= 11 is 0. The second-order valence-corrected chi connectivity index (χ2v) is 9.84. The molecule has 4 heterocycles. The number of pyridine rings is 2. The number of hydrogen-bond donors (Lipinski definition) is 0. The number of fused-ring (bicyclic) bond motifs is 4. The van der Waals surface area contributed by atoms with Gasteiger partial charge in [-0.3, -0.25) is 0 Å². The number of carbonyl (C=O) groups excluding carboxylic acids is 2. The van der Waals surface area contributed by atoms with Crippen molar-refractivity contribution in [1.29, 1.82) is 0 Å². The molecule has 0 bridgehead atoms. The van der Waals surface area contributed by atoms with Crippen LogP contribution >= 0.6 is 0 Å². The Labute approximate surface area is 261 Å². The third kappa shape index (κ3) is 5.63. The van der Waals surface area contributed by atoms with E-state index in [-0.39, 0.29) is 31.3 Å². The molecular weight excluding hydrogens is 586 g/mol. The molecule has 0 saturated carbocycles. The molecule has 0 atom stereocenters. The van der Waals surface area contributed by atoms with E-state index in [1.165, 1.54) is 0 Å². The van der Waals surface area contributed by atoms with Gasteiger partial charge in [-0.05, 0) is 35.4 Å². The van der Waals surface area contributed by atoms with Gasteiger partial charge in [0.15, 0.2) is 0 Å². The average molecular weight is 608 g/mol. The maximum absolute atomic E-state index is 11.9. The summed E-state index contributed by atoms with van der Waals surface area (Å²) in [5.74, 6) is -0.365. The van der Waals surface area contributed by atoms with Crippen LogP contribution in [0, 0.1) is 0 Å². The number of para-hydroxylation sites is 2. The van der Waals surface area contributed by atoms with Gasteiger partial charge in [-0.15, -0.1) is 11.4 Å². The topological polar surface area (TPSA) is 88.1 Å². The fourth-order valence-electron chi connectivity index (χ4n) is 5.07. The van der Waals surface area contributed by atoms with Crippen LogP contribution in [0.25, 0.3) is 56.0 Å². The van der Waals surface area contributed by atoms with Crippen LogP contribution in [0.15, 0.2) is 121 Å². The van der Waals surface area contributed by atoms with Gasteiger partial charge in [0.1, 0.15) is 0 Å². The second kappa shape index (κ2) is 11.9. The van der Waals surface area contributed by atoms with Gasteiger partial charge < -0.3 is 20.2 Å². The molecule has 2 aliphatic heterocycles. The van der Waals surface area contributed by atoms with Gasteiger partial charge in [0.2, 0.25) is 0 Å². The molecular formula is C36H22N4O2Zn. The number of aromatic nitrogens is 2. The molecule has 2 aliphatic rings. The van der Waals surface area contributed by atoms with Crippen molar-refractivity contribution in [3.63, 3.8) is 0 Å². The third-order valence-electron chi connectivity index (χ3n) is 7.12. The van der Waals surface area contributed by atoms with Gasteiger partial charge in [-0.1, -0.05) is 109 Å². The SMILES string of the molecule is O=C1[N-]/C(=C/c2ccc3ccccc3n2)c2ccccc21.O=C1[N-]/C(=C/c2ccc3ccccc3n2)c2ccccc21.[Zn+2]. The van der Waals surface area contributed by atoms with E-state index in [2.05, 4.69) is 20.6 Å². The summed E-state index contributed by atoms with van der Waals surface area (Å²) in [6.07, 6.45) is 3.71. The minimum atomic E-state index is -0.183. The molecule has 0 unspecified atom stereocenters. The van der Waals surface area contributed by atoms with Gasteiger partial charge in [0.05, 0.1) is 34.2 Å². The number of amides is 2. The van der Waals surface area contributed by atoms with Crippen molar-refractivity contribution in [3.8, 4) is 0 Å². The number of benzene rings is 4. The first-order valence-corrected chi connectivity index (χ1v) is 13.5. The maximum Gasteiger partial charge on any atom is 2.00 e. The first-order valence-electron chi connectivity index (χ1n) is 13.5. The Bertz CT molecular complexity index is 1950. The Hall–Kier alpha value is -5.26. The van der Waals surface area contributed by atoms with Gasteiger partial charge in [-0.25, -0.2) is 9.97 Å². The van der Waals surface area contributed by atoms with Crippen molar-refractivity contribution in [2.45, 2.75) is 0 Å². The van der Waals surface area contributed by atoms with Gasteiger partial charge in [0, 0.05) is 21.9 Å². The fourth-order valence-corrected chi connectivity index (χ4v) is 5.07. The Morgan fingerprint density at radius 3 is 1.26 bits per heavy atom. The van der Waals surface area contributed by atoms with Crippen molar-refractivity contribution in [2.75, 3.05) is 0 Å². The van der Waals surface area contributed by atoms with Crippen LogP contribution in [0.4, 0.5) is 0 Å². The van der Waals surface area contributed by atoms with E-state index in [0.29, 0.717) is 22.5 Å². The molecule has 7 heteroatoms. The normalized spacial score (nSPS) is 14.9. The monoisotopic (exact) mass is 606 g/mol. The summed E-state index contributed by atoms with van der Waals surface area (Å²) in [4.78, 5) is 32.9. The molecule has 6 nitrogen and oxygen atoms in total. The Morgan fingerprint density at radius 1 is 0.442 bits per heavy atom. The quantitative estimate of drug-likeness (QED) is 0.185. The van der Waals surface area contributed by atoms with Crippen LogP contribution in [0.1, 0.15) is 43.2 Å². The number of rotatable bonds is 2. The number of carbonyl (C=O) groups is 2. The molecule has 0 spiro atoms. The zero-order valence-electron chi connectivity index (χ0n) is 23.0. The summed E-state index contributed by atoms with van der Waals surface area (Å²) in [5.41, 5.74) is 7.89. The zero-order chi connectivity index (χ0) is 28.5. The molecule has 0 saturated heterocycles. The van der Waals surface area contributed by atoms with Gasteiger partial charge >= 0.3 is 19.5 Å². The van der Waals surface area contributed by atoms with Crippen LogP contribution in [-0.4, -0.2) is 21.8 Å². The molecule has 0 aliphatic carbocycles. The molecule has 4 aromatic carbocycles. The van der Waals surface area contributed by atoms with Crippen molar-refractivity contribution in [1.82, 2.24) is 9.97 Å². The Balaban J connectivity index is 0.000000150. The molecule has 2 amide bonds. The standard InChI is InChI=1S/2C18H12N2O.Zn/c2*21-18-15-7-3-2-6-14(15)17(20-18)11-13-10-9-12-5-1-4-8-16(12)19-13;/h2*1-11H,(H,19,20,21);/q;;+2/p-2. The van der Waals surface area contributed by atoms with Gasteiger partial charge in [0.25, 0.3) is 0 Å². The Kier molecular flexibility index (Phi) is 7.73. The van der Waals surface area contributed by atoms with Gasteiger partial charge in [-0.2, -0.15) is 0 Å².